The van der Waals surface area contributed by atoms with E-state index in [0.29, 0.717) is 41.3 Å². The van der Waals surface area contributed by atoms with Crippen molar-refractivity contribution in [2.75, 3.05) is 50.1 Å². The van der Waals surface area contributed by atoms with Crippen LogP contribution in [0.3, 0.4) is 0 Å². The Labute approximate surface area is 272 Å². The zero-order chi connectivity index (χ0) is 31.6. The summed E-state index contributed by atoms with van der Waals surface area (Å²) in [7, 11) is 1.61. The topological polar surface area (TPSA) is 74.3 Å². The first-order valence-corrected chi connectivity index (χ1v) is 16.4. The Bertz CT molecular complexity index is 1410. The molecule has 3 aromatic carbocycles. The molecule has 3 aromatic rings. The number of rotatable bonds is 14. The lowest BCUT2D eigenvalue weighted by Gasteiger charge is -2.33. The Balaban J connectivity index is 1.20. The molecule has 0 spiro atoms. The first-order valence-electron chi connectivity index (χ1n) is 16.0. The molecule has 0 bridgehead atoms. The monoisotopic (exact) mass is 628 g/mol. The third-order valence-corrected chi connectivity index (χ3v) is 9.00. The maximum atomic E-state index is 13.8. The summed E-state index contributed by atoms with van der Waals surface area (Å²) in [6, 6.07) is 24.6. The summed E-state index contributed by atoms with van der Waals surface area (Å²) in [6.45, 7) is 6.38. The lowest BCUT2D eigenvalue weighted by molar-refractivity contribution is -0.124. The fourth-order valence-electron chi connectivity index (χ4n) is 6.12. The summed E-state index contributed by atoms with van der Waals surface area (Å²) in [6.07, 6.45) is 5.30. The summed E-state index contributed by atoms with van der Waals surface area (Å²) in [4.78, 5) is 33.1. The summed E-state index contributed by atoms with van der Waals surface area (Å²) in [5.41, 5.74) is 2.74. The zero-order valence-corrected chi connectivity index (χ0v) is 27.1. The van der Waals surface area contributed by atoms with E-state index in [1.807, 2.05) is 53.4 Å². The molecule has 2 heterocycles. The quantitative estimate of drug-likeness (QED) is 0.215. The average Bonchev–Trinajstić information content (AvgIpc) is 3.29. The van der Waals surface area contributed by atoms with Gasteiger partial charge in [0.1, 0.15) is 17.5 Å². The molecule has 45 heavy (non-hydrogen) atoms. The van der Waals surface area contributed by atoms with Gasteiger partial charge in [-0.2, -0.15) is 0 Å². The molecule has 2 aliphatic heterocycles. The molecule has 0 saturated carbocycles. The summed E-state index contributed by atoms with van der Waals surface area (Å²) >= 11 is 5.88. The fraction of sp³-hybridized carbons (Fsp3) is 0.417. The van der Waals surface area contributed by atoms with Crippen LogP contribution in [0.25, 0.3) is 0 Å². The van der Waals surface area contributed by atoms with Crippen LogP contribution in [-0.4, -0.2) is 72.7 Å². The van der Waals surface area contributed by atoms with E-state index in [4.69, 9.17) is 21.7 Å². The molecule has 0 unspecified atom stereocenters. The zero-order valence-electron chi connectivity index (χ0n) is 26.3. The molecule has 5 rings (SSSR count). The number of thiocarbonyl (C=S) groups is 1. The van der Waals surface area contributed by atoms with Crippen LogP contribution >= 0.6 is 12.2 Å². The van der Waals surface area contributed by atoms with E-state index in [1.165, 1.54) is 18.4 Å². The third kappa shape index (κ3) is 8.61. The van der Waals surface area contributed by atoms with Crippen molar-refractivity contribution in [3.8, 4) is 11.5 Å². The molecule has 1 atom stereocenters. The maximum Gasteiger partial charge on any atom is 0.256 e. The van der Waals surface area contributed by atoms with Crippen LogP contribution in [0.1, 0.15) is 44.6 Å². The minimum absolute atomic E-state index is 0.00456. The minimum Gasteiger partial charge on any atom is -0.497 e. The highest BCUT2D eigenvalue weighted by molar-refractivity contribution is 7.80. The number of amides is 2. The van der Waals surface area contributed by atoms with Crippen LogP contribution in [0.4, 0.5) is 11.4 Å². The highest BCUT2D eigenvalue weighted by Crippen LogP contribution is 2.30. The van der Waals surface area contributed by atoms with Gasteiger partial charge in [-0.25, -0.2) is 0 Å². The Morgan fingerprint density at radius 2 is 1.62 bits per heavy atom. The molecule has 2 saturated heterocycles. The van der Waals surface area contributed by atoms with Crippen molar-refractivity contribution in [1.29, 1.82) is 0 Å². The van der Waals surface area contributed by atoms with Gasteiger partial charge in [-0.3, -0.25) is 14.5 Å². The molecule has 2 aliphatic rings. The van der Waals surface area contributed by atoms with E-state index >= 15 is 0 Å². The van der Waals surface area contributed by atoms with Gasteiger partial charge in [0.25, 0.3) is 5.91 Å². The number of carbonyl (C=O) groups excluding carboxylic acids is 2. The molecule has 2 amide bonds. The molecule has 1 N–H and O–H groups in total. The molecule has 9 heteroatoms. The molecule has 0 aliphatic carbocycles. The van der Waals surface area contributed by atoms with Gasteiger partial charge in [0, 0.05) is 12.2 Å². The van der Waals surface area contributed by atoms with Crippen molar-refractivity contribution in [3.63, 3.8) is 0 Å². The predicted octanol–water partition coefficient (Wildman–Crippen LogP) is 6.16. The predicted molar refractivity (Wildman–Crippen MR) is 183 cm³/mol. The molecular formula is C36H44N4O4S. The SMILES string of the molecule is CCCOc1ccc(NC(=O)C[C@@H]2C(=O)N(c3ccc(OC)cc3)C(=S)N2CCCN2CCC(Cc3ccccc3)CC2)cc1. The largest absolute Gasteiger partial charge is 0.497 e. The molecular weight excluding hydrogens is 584 g/mol. The number of nitrogens with zero attached hydrogens (tertiary/aromatic N) is 3. The summed E-state index contributed by atoms with van der Waals surface area (Å²) in [5.74, 6) is 1.75. The first kappa shape index (κ1) is 32.4. The summed E-state index contributed by atoms with van der Waals surface area (Å²) < 4.78 is 10.9. The van der Waals surface area contributed by atoms with Crippen molar-refractivity contribution in [2.45, 2.75) is 51.5 Å². The fourth-order valence-corrected chi connectivity index (χ4v) is 6.54. The van der Waals surface area contributed by atoms with Gasteiger partial charge in [0.15, 0.2) is 5.11 Å². The van der Waals surface area contributed by atoms with Crippen LogP contribution in [0.5, 0.6) is 11.5 Å². The summed E-state index contributed by atoms with van der Waals surface area (Å²) in [5, 5.41) is 3.38. The normalized spacial score (nSPS) is 17.5. The number of nitrogens with one attached hydrogen (secondary N) is 1. The molecule has 2 fully saturated rings. The highest BCUT2D eigenvalue weighted by atomic mass is 32.1. The third-order valence-electron chi connectivity index (χ3n) is 8.59. The number of carbonyl (C=O) groups is 2. The molecule has 238 valence electrons. The lowest BCUT2D eigenvalue weighted by Crippen LogP contribution is -2.40. The Morgan fingerprint density at radius 3 is 2.29 bits per heavy atom. The molecule has 0 radical (unpaired) electrons. The number of piperidine rings is 1. The second-order valence-corrected chi connectivity index (χ2v) is 12.2. The Hall–Kier alpha value is -3.95. The number of methoxy groups -OCH3 is 1. The van der Waals surface area contributed by atoms with E-state index in [1.54, 1.807) is 12.0 Å². The maximum absolute atomic E-state index is 13.8. The van der Waals surface area contributed by atoms with Gasteiger partial charge >= 0.3 is 0 Å². The van der Waals surface area contributed by atoms with Gasteiger partial charge in [0.2, 0.25) is 5.91 Å². The van der Waals surface area contributed by atoms with Crippen molar-refractivity contribution < 1.29 is 19.1 Å². The number of hydrogen-bond acceptors (Lipinski definition) is 6. The van der Waals surface area contributed by atoms with Crippen molar-refractivity contribution >= 4 is 40.5 Å². The van der Waals surface area contributed by atoms with E-state index in [0.717, 1.165) is 44.6 Å². The van der Waals surface area contributed by atoms with Crippen LogP contribution in [0, 0.1) is 5.92 Å². The second-order valence-electron chi connectivity index (χ2n) is 11.8. The van der Waals surface area contributed by atoms with Crippen LogP contribution in [0.15, 0.2) is 78.9 Å². The van der Waals surface area contributed by atoms with Gasteiger partial charge in [-0.05, 0) is 124 Å². The second kappa shape index (κ2) is 15.9. The lowest BCUT2D eigenvalue weighted by atomic mass is 9.90. The van der Waals surface area contributed by atoms with Crippen molar-refractivity contribution in [3.05, 3.63) is 84.4 Å². The van der Waals surface area contributed by atoms with E-state index in [9.17, 15) is 9.59 Å². The van der Waals surface area contributed by atoms with E-state index in [2.05, 4.69) is 47.5 Å². The standard InChI is InChI=1S/C36H44N4O4S/c1-3-24-44-32-14-10-29(11-15-32)37-34(41)26-33-35(42)40(30-12-16-31(43-2)17-13-30)36(45)39(33)21-7-20-38-22-18-28(19-23-38)25-27-8-5-4-6-9-27/h4-6,8-17,28,33H,3,7,18-26H2,1-2H3,(H,37,41)/t33-/m1/s1. The van der Waals surface area contributed by atoms with Crippen molar-refractivity contribution in [2.24, 2.45) is 5.92 Å². The van der Waals surface area contributed by atoms with E-state index < -0.39 is 6.04 Å². The molecule has 0 aromatic heterocycles. The number of likely N-dealkylation sites (tertiary alicyclic amines) is 1. The van der Waals surface area contributed by atoms with Crippen LogP contribution in [0.2, 0.25) is 0 Å². The highest BCUT2D eigenvalue weighted by Gasteiger charge is 2.44. The van der Waals surface area contributed by atoms with E-state index in [-0.39, 0.29) is 18.2 Å². The van der Waals surface area contributed by atoms with Crippen LogP contribution < -0.4 is 19.7 Å². The Kier molecular flexibility index (Phi) is 11.4. The smallest absolute Gasteiger partial charge is 0.256 e. The number of anilines is 2. The van der Waals surface area contributed by atoms with Gasteiger partial charge in [-0.1, -0.05) is 37.3 Å². The first-order chi connectivity index (χ1) is 21.9. The van der Waals surface area contributed by atoms with Gasteiger partial charge < -0.3 is 24.6 Å². The van der Waals surface area contributed by atoms with Gasteiger partial charge in [0.05, 0.1) is 25.8 Å². The minimum atomic E-state index is -0.677. The number of benzene rings is 3. The molecule has 8 nitrogen and oxygen atoms in total. The van der Waals surface area contributed by atoms with Crippen molar-refractivity contribution in [1.82, 2.24) is 9.80 Å². The Morgan fingerprint density at radius 1 is 0.933 bits per heavy atom. The average molecular weight is 629 g/mol. The number of hydrogen-bond donors (Lipinski definition) is 1. The van der Waals surface area contributed by atoms with Crippen LogP contribution in [-0.2, 0) is 16.0 Å². The van der Waals surface area contributed by atoms with Gasteiger partial charge in [-0.15, -0.1) is 0 Å². The number of ether oxygens (including phenoxy) is 2.